The zero-order chi connectivity index (χ0) is 23.1. The van der Waals surface area contributed by atoms with Crippen LogP contribution in [0.2, 0.25) is 0 Å². The number of piperidine rings is 1. The molecule has 0 bridgehead atoms. The van der Waals surface area contributed by atoms with Crippen molar-refractivity contribution in [1.82, 2.24) is 19.4 Å². The van der Waals surface area contributed by atoms with Crippen molar-refractivity contribution in [2.24, 2.45) is 0 Å². The second-order valence-corrected chi connectivity index (χ2v) is 10.8. The van der Waals surface area contributed by atoms with Crippen LogP contribution in [-0.4, -0.2) is 93.4 Å². The molecule has 2 aliphatic rings. The highest BCUT2D eigenvalue weighted by Crippen LogP contribution is 2.24. The van der Waals surface area contributed by atoms with Gasteiger partial charge in [-0.25, -0.2) is 8.42 Å². The van der Waals surface area contributed by atoms with Gasteiger partial charge in [0.05, 0.1) is 12.0 Å². The molecule has 3 rings (SSSR count). The summed E-state index contributed by atoms with van der Waals surface area (Å²) in [6.07, 6.45) is 3.68. The van der Waals surface area contributed by atoms with Gasteiger partial charge in [-0.05, 0) is 51.0 Å². The van der Waals surface area contributed by atoms with E-state index in [0.29, 0.717) is 44.0 Å². The zero-order valence-corrected chi connectivity index (χ0v) is 20.4. The number of sulfonamides is 1. The molecule has 0 radical (unpaired) electrons. The second kappa shape index (κ2) is 11.4. The number of carbonyl (C=O) groups is 1. The first kappa shape index (κ1) is 25.0. The molecule has 8 nitrogen and oxygen atoms in total. The minimum atomic E-state index is -3.72. The number of hydrogen-bond acceptors (Lipinski definition) is 6. The summed E-state index contributed by atoms with van der Waals surface area (Å²) < 4.78 is 33.6. The maximum absolute atomic E-state index is 13.5. The number of benzene rings is 1. The number of amides is 1. The number of ether oxygens (including phenoxy) is 1. The normalized spacial score (nSPS) is 22.8. The third-order valence-corrected chi connectivity index (χ3v) is 8.64. The molecule has 1 N–H and O–H groups in total. The molecule has 0 aromatic heterocycles. The predicted octanol–water partition coefficient (Wildman–Crippen LogP) is 1.77. The number of nitrogens with one attached hydrogen (secondary N) is 1. The van der Waals surface area contributed by atoms with E-state index in [2.05, 4.69) is 24.1 Å². The third-order valence-electron chi connectivity index (χ3n) is 6.73. The van der Waals surface area contributed by atoms with Gasteiger partial charge < -0.3 is 15.0 Å². The number of nitrogens with zero attached hydrogens (tertiary/aromatic N) is 3. The van der Waals surface area contributed by atoms with E-state index in [-0.39, 0.29) is 23.8 Å². The van der Waals surface area contributed by atoms with Crippen LogP contribution in [0.5, 0.6) is 5.75 Å². The first-order valence-corrected chi connectivity index (χ1v) is 13.2. The topological polar surface area (TPSA) is 82.2 Å². The number of rotatable bonds is 9. The Balaban J connectivity index is 1.73. The van der Waals surface area contributed by atoms with E-state index in [1.165, 1.54) is 10.7 Å². The number of piperazine rings is 1. The lowest BCUT2D eigenvalue weighted by atomic mass is 9.98. The van der Waals surface area contributed by atoms with Crippen LogP contribution < -0.4 is 10.1 Å². The molecule has 1 aromatic carbocycles. The van der Waals surface area contributed by atoms with E-state index in [1.54, 1.807) is 31.4 Å². The number of hydrogen-bond donors (Lipinski definition) is 1. The van der Waals surface area contributed by atoms with Gasteiger partial charge in [-0.2, -0.15) is 4.31 Å². The Bertz CT molecular complexity index is 830. The number of methoxy groups -OCH3 is 1. The summed E-state index contributed by atoms with van der Waals surface area (Å²) in [5.74, 6) is 0.626. The van der Waals surface area contributed by atoms with Crippen molar-refractivity contribution >= 4 is 15.9 Å². The molecule has 0 aliphatic carbocycles. The van der Waals surface area contributed by atoms with Crippen LogP contribution in [0.25, 0.3) is 0 Å². The molecule has 0 saturated carbocycles. The maximum Gasteiger partial charge on any atom is 0.243 e. The standard InChI is InChI=1S/C23H38N4O4S/c1-19-5-4-6-20(2)27(19)18-17-26(14-11-23(28)25-15-12-24-13-16-25)32(29,30)22-9-7-21(31-3)8-10-22/h7-10,19-20,24H,4-6,11-18H2,1-3H3/t19-,20-/m0/s1. The molecule has 180 valence electrons. The van der Waals surface area contributed by atoms with Crippen LogP contribution in [0, 0.1) is 0 Å². The fourth-order valence-electron chi connectivity index (χ4n) is 4.68. The molecule has 9 heteroatoms. The Hall–Kier alpha value is -1.68. The predicted molar refractivity (Wildman–Crippen MR) is 125 cm³/mol. The van der Waals surface area contributed by atoms with E-state index in [4.69, 9.17) is 4.74 Å². The van der Waals surface area contributed by atoms with Gasteiger partial charge >= 0.3 is 0 Å². The molecule has 2 fully saturated rings. The van der Waals surface area contributed by atoms with Crippen molar-refractivity contribution in [1.29, 1.82) is 0 Å². The molecule has 1 amide bonds. The lowest BCUT2D eigenvalue weighted by molar-refractivity contribution is -0.131. The molecule has 2 atom stereocenters. The van der Waals surface area contributed by atoms with Gasteiger partial charge in [0, 0.05) is 64.3 Å². The molecule has 0 spiro atoms. The summed E-state index contributed by atoms with van der Waals surface area (Å²) in [4.78, 5) is 17.2. The summed E-state index contributed by atoms with van der Waals surface area (Å²) in [5, 5.41) is 3.24. The summed E-state index contributed by atoms with van der Waals surface area (Å²) in [6.45, 7) is 8.57. The van der Waals surface area contributed by atoms with Gasteiger partial charge in [-0.15, -0.1) is 0 Å². The monoisotopic (exact) mass is 466 g/mol. The lowest BCUT2D eigenvalue weighted by Crippen LogP contribution is -2.49. The van der Waals surface area contributed by atoms with Crippen molar-refractivity contribution in [3.8, 4) is 5.75 Å². The van der Waals surface area contributed by atoms with E-state index in [0.717, 1.165) is 25.9 Å². The van der Waals surface area contributed by atoms with Gasteiger partial charge in [-0.1, -0.05) is 6.42 Å². The highest BCUT2D eigenvalue weighted by Gasteiger charge is 2.30. The van der Waals surface area contributed by atoms with Crippen molar-refractivity contribution < 1.29 is 17.9 Å². The van der Waals surface area contributed by atoms with Crippen molar-refractivity contribution in [3.05, 3.63) is 24.3 Å². The van der Waals surface area contributed by atoms with Gasteiger partial charge in [0.15, 0.2) is 0 Å². The maximum atomic E-state index is 13.5. The Kier molecular flexibility index (Phi) is 8.93. The van der Waals surface area contributed by atoms with Gasteiger partial charge in [0.2, 0.25) is 15.9 Å². The molecular formula is C23H38N4O4S. The van der Waals surface area contributed by atoms with Crippen LogP contribution in [0.1, 0.15) is 39.5 Å². The molecular weight excluding hydrogens is 428 g/mol. The Morgan fingerprint density at radius 2 is 1.72 bits per heavy atom. The SMILES string of the molecule is COc1ccc(S(=O)(=O)N(CCC(=O)N2CCNCC2)CCN2[C@@H](C)CCC[C@@H]2C)cc1. The molecule has 2 aliphatic heterocycles. The van der Waals surface area contributed by atoms with Crippen LogP contribution in [0.4, 0.5) is 0 Å². The fraction of sp³-hybridized carbons (Fsp3) is 0.696. The fourth-order valence-corrected chi connectivity index (χ4v) is 6.12. The van der Waals surface area contributed by atoms with E-state index >= 15 is 0 Å². The Morgan fingerprint density at radius 3 is 2.31 bits per heavy atom. The summed E-state index contributed by atoms with van der Waals surface area (Å²) in [7, 11) is -2.17. The Morgan fingerprint density at radius 1 is 1.09 bits per heavy atom. The van der Waals surface area contributed by atoms with E-state index in [1.807, 2.05) is 4.90 Å². The Labute approximate surface area is 192 Å². The highest BCUT2D eigenvalue weighted by atomic mass is 32.2. The van der Waals surface area contributed by atoms with Gasteiger partial charge in [0.25, 0.3) is 0 Å². The number of carbonyl (C=O) groups excluding carboxylic acids is 1. The van der Waals surface area contributed by atoms with Gasteiger partial charge in [-0.3, -0.25) is 9.69 Å². The summed E-state index contributed by atoms with van der Waals surface area (Å²) in [6, 6.07) is 7.34. The molecule has 1 aromatic rings. The average molecular weight is 467 g/mol. The van der Waals surface area contributed by atoms with E-state index in [9.17, 15) is 13.2 Å². The number of likely N-dealkylation sites (tertiary alicyclic amines) is 1. The molecule has 2 heterocycles. The zero-order valence-electron chi connectivity index (χ0n) is 19.6. The smallest absolute Gasteiger partial charge is 0.243 e. The minimum absolute atomic E-state index is 0.0149. The third kappa shape index (κ3) is 6.21. The molecule has 2 saturated heterocycles. The second-order valence-electron chi connectivity index (χ2n) is 8.83. The van der Waals surface area contributed by atoms with Crippen molar-refractivity contribution in [2.75, 3.05) is 52.9 Å². The minimum Gasteiger partial charge on any atom is -0.497 e. The largest absolute Gasteiger partial charge is 0.497 e. The molecule has 0 unspecified atom stereocenters. The quantitative estimate of drug-likeness (QED) is 0.597. The van der Waals surface area contributed by atoms with Crippen molar-refractivity contribution in [2.45, 2.75) is 56.5 Å². The summed E-state index contributed by atoms with van der Waals surface area (Å²) in [5.41, 5.74) is 0. The van der Waals surface area contributed by atoms with Crippen LogP contribution >= 0.6 is 0 Å². The van der Waals surface area contributed by atoms with Gasteiger partial charge in [0.1, 0.15) is 5.75 Å². The highest BCUT2D eigenvalue weighted by molar-refractivity contribution is 7.89. The van der Waals surface area contributed by atoms with Crippen LogP contribution in [0.15, 0.2) is 29.2 Å². The first-order chi connectivity index (χ1) is 15.3. The van der Waals surface area contributed by atoms with Crippen LogP contribution in [0.3, 0.4) is 0 Å². The molecule has 32 heavy (non-hydrogen) atoms. The van der Waals surface area contributed by atoms with Crippen molar-refractivity contribution in [3.63, 3.8) is 0 Å². The summed E-state index contributed by atoms with van der Waals surface area (Å²) >= 11 is 0. The van der Waals surface area contributed by atoms with E-state index < -0.39 is 10.0 Å². The average Bonchev–Trinajstić information content (AvgIpc) is 2.80. The first-order valence-electron chi connectivity index (χ1n) is 11.7. The lowest BCUT2D eigenvalue weighted by Gasteiger charge is -2.40. The van der Waals surface area contributed by atoms with Crippen LogP contribution in [-0.2, 0) is 14.8 Å².